The van der Waals surface area contributed by atoms with E-state index in [2.05, 4.69) is 4.98 Å². The number of methoxy groups -OCH3 is 1. The van der Waals surface area contributed by atoms with E-state index in [1.165, 1.54) is 6.08 Å². The predicted octanol–water partition coefficient (Wildman–Crippen LogP) is 4.04. The lowest BCUT2D eigenvalue weighted by molar-refractivity contribution is -0.131. The first-order valence-electron chi connectivity index (χ1n) is 7.02. The van der Waals surface area contributed by atoms with Gasteiger partial charge in [-0.25, -0.2) is 4.79 Å². The van der Waals surface area contributed by atoms with Gasteiger partial charge in [0.05, 0.1) is 12.6 Å². The number of aromatic amines is 1. The van der Waals surface area contributed by atoms with Crippen molar-refractivity contribution in [3.05, 3.63) is 47.0 Å². The van der Waals surface area contributed by atoms with E-state index >= 15 is 0 Å². The number of carbonyl (C=O) groups is 1. The highest BCUT2D eigenvalue weighted by Gasteiger charge is 2.12. The zero-order chi connectivity index (χ0) is 15.9. The van der Waals surface area contributed by atoms with Crippen molar-refractivity contribution in [3.8, 4) is 5.75 Å². The largest absolute Gasteiger partial charge is 0.497 e. The summed E-state index contributed by atoms with van der Waals surface area (Å²) in [6, 6.07) is 7.96. The monoisotopic (exact) mass is 295 g/mol. The van der Waals surface area contributed by atoms with Crippen molar-refractivity contribution in [3.63, 3.8) is 0 Å². The number of hydrogen-bond donors (Lipinski definition) is 2. The Morgan fingerprint density at radius 1 is 1.27 bits per heavy atom. The number of ether oxygens (including phenoxy) is 1. The highest BCUT2D eigenvalue weighted by molar-refractivity contribution is 6.11. The number of rotatable bonds is 3. The highest BCUT2D eigenvalue weighted by Crippen LogP contribution is 2.34. The van der Waals surface area contributed by atoms with Crippen molar-refractivity contribution in [1.29, 1.82) is 0 Å². The van der Waals surface area contributed by atoms with Crippen molar-refractivity contribution in [2.45, 2.75) is 13.8 Å². The fourth-order valence-electron chi connectivity index (χ4n) is 2.88. The topological polar surface area (TPSA) is 62.3 Å². The lowest BCUT2D eigenvalue weighted by Gasteiger charge is -2.06. The van der Waals surface area contributed by atoms with Crippen molar-refractivity contribution in [2.75, 3.05) is 7.11 Å². The quantitative estimate of drug-likeness (QED) is 0.717. The second kappa shape index (κ2) is 5.22. The molecule has 3 aromatic rings. The number of carboxylic acids is 1. The standard InChI is InChI=1S/C18H17NO3/c1-10-8-12(4-7-16(20)21)11(2)18-17(10)14-9-13(22-3)5-6-15(14)19-18/h4-9,19H,1-3H3,(H,20,21). The summed E-state index contributed by atoms with van der Waals surface area (Å²) >= 11 is 0. The molecule has 0 bridgehead atoms. The van der Waals surface area contributed by atoms with Gasteiger partial charge in [-0.05, 0) is 54.8 Å². The second-order valence-electron chi connectivity index (χ2n) is 5.37. The van der Waals surface area contributed by atoms with Gasteiger partial charge in [-0.2, -0.15) is 0 Å². The fourth-order valence-corrected chi connectivity index (χ4v) is 2.88. The zero-order valence-corrected chi connectivity index (χ0v) is 12.7. The highest BCUT2D eigenvalue weighted by atomic mass is 16.5. The number of H-pyrrole nitrogens is 1. The Hall–Kier alpha value is -2.75. The van der Waals surface area contributed by atoms with Crippen LogP contribution in [0.15, 0.2) is 30.3 Å². The van der Waals surface area contributed by atoms with E-state index in [-0.39, 0.29) is 0 Å². The van der Waals surface area contributed by atoms with Crippen LogP contribution in [0.2, 0.25) is 0 Å². The van der Waals surface area contributed by atoms with E-state index in [0.717, 1.165) is 44.2 Å². The molecular weight excluding hydrogens is 278 g/mol. The van der Waals surface area contributed by atoms with Gasteiger partial charge in [-0.15, -0.1) is 0 Å². The predicted molar refractivity (Wildman–Crippen MR) is 88.5 cm³/mol. The molecule has 0 fully saturated rings. The summed E-state index contributed by atoms with van der Waals surface area (Å²) in [7, 11) is 1.66. The molecule has 112 valence electrons. The number of aliphatic carboxylic acids is 1. The summed E-state index contributed by atoms with van der Waals surface area (Å²) in [6.07, 6.45) is 2.80. The molecule has 4 nitrogen and oxygen atoms in total. The third kappa shape index (κ3) is 2.22. The summed E-state index contributed by atoms with van der Waals surface area (Å²) in [5.41, 5.74) is 5.12. The molecule has 0 saturated heterocycles. The molecule has 0 aliphatic rings. The number of carboxylic acid groups (broad SMARTS) is 1. The molecule has 0 spiro atoms. The summed E-state index contributed by atoms with van der Waals surface area (Å²) in [6.45, 7) is 4.03. The Balaban J connectivity index is 2.33. The van der Waals surface area contributed by atoms with Crippen molar-refractivity contribution in [2.24, 2.45) is 0 Å². The smallest absolute Gasteiger partial charge is 0.328 e. The zero-order valence-electron chi connectivity index (χ0n) is 12.7. The average Bonchev–Trinajstić information content (AvgIpc) is 2.88. The van der Waals surface area contributed by atoms with Crippen LogP contribution in [-0.4, -0.2) is 23.2 Å². The van der Waals surface area contributed by atoms with E-state index in [9.17, 15) is 4.79 Å². The molecule has 4 heteroatoms. The van der Waals surface area contributed by atoms with Gasteiger partial charge in [0.25, 0.3) is 0 Å². The van der Waals surface area contributed by atoms with Crippen LogP contribution in [0.5, 0.6) is 5.75 Å². The maximum absolute atomic E-state index is 10.7. The van der Waals surface area contributed by atoms with E-state index in [1.54, 1.807) is 13.2 Å². The van der Waals surface area contributed by atoms with Crippen LogP contribution >= 0.6 is 0 Å². The van der Waals surface area contributed by atoms with Gasteiger partial charge in [0.1, 0.15) is 5.75 Å². The Morgan fingerprint density at radius 3 is 2.73 bits per heavy atom. The first kappa shape index (κ1) is 14.2. The van der Waals surface area contributed by atoms with Crippen molar-refractivity contribution in [1.82, 2.24) is 4.98 Å². The van der Waals surface area contributed by atoms with Gasteiger partial charge in [-0.1, -0.05) is 6.07 Å². The summed E-state index contributed by atoms with van der Waals surface area (Å²) in [5, 5.41) is 11.1. The number of nitrogens with one attached hydrogen (secondary N) is 1. The number of aromatic nitrogens is 1. The third-order valence-corrected chi connectivity index (χ3v) is 3.99. The van der Waals surface area contributed by atoms with Gasteiger partial charge in [0.2, 0.25) is 0 Å². The van der Waals surface area contributed by atoms with Crippen LogP contribution in [0, 0.1) is 13.8 Å². The molecule has 1 aromatic heterocycles. The SMILES string of the molecule is COc1ccc2[nH]c3c(C)c(C=CC(=O)O)cc(C)c3c2c1. The second-order valence-corrected chi connectivity index (χ2v) is 5.37. The average molecular weight is 295 g/mol. The fraction of sp³-hybridized carbons (Fsp3) is 0.167. The molecule has 0 saturated carbocycles. The van der Waals surface area contributed by atoms with Gasteiger partial charge < -0.3 is 14.8 Å². The first-order chi connectivity index (χ1) is 10.5. The van der Waals surface area contributed by atoms with Gasteiger partial charge >= 0.3 is 5.97 Å². The molecule has 22 heavy (non-hydrogen) atoms. The van der Waals surface area contributed by atoms with Crippen molar-refractivity contribution < 1.29 is 14.6 Å². The minimum atomic E-state index is -0.946. The minimum Gasteiger partial charge on any atom is -0.497 e. The van der Waals surface area contributed by atoms with Crippen LogP contribution in [0.25, 0.3) is 27.9 Å². The molecule has 0 aliphatic carbocycles. The van der Waals surface area contributed by atoms with Crippen LogP contribution < -0.4 is 4.74 Å². The van der Waals surface area contributed by atoms with Crippen LogP contribution in [0.1, 0.15) is 16.7 Å². The van der Waals surface area contributed by atoms with Crippen LogP contribution in [0.4, 0.5) is 0 Å². The number of benzene rings is 2. The Labute approximate surface area is 128 Å². The normalized spacial score (nSPS) is 11.6. The molecule has 0 radical (unpaired) electrons. The van der Waals surface area contributed by atoms with Crippen LogP contribution in [0.3, 0.4) is 0 Å². The lowest BCUT2D eigenvalue weighted by Crippen LogP contribution is -1.90. The molecule has 0 aliphatic heterocycles. The number of fused-ring (bicyclic) bond motifs is 3. The summed E-state index contributed by atoms with van der Waals surface area (Å²) in [4.78, 5) is 14.2. The molecule has 0 amide bonds. The Morgan fingerprint density at radius 2 is 2.05 bits per heavy atom. The van der Waals surface area contributed by atoms with Gasteiger partial charge in [-0.3, -0.25) is 0 Å². The Kier molecular flexibility index (Phi) is 3.37. The van der Waals surface area contributed by atoms with Crippen LogP contribution in [-0.2, 0) is 4.79 Å². The summed E-state index contributed by atoms with van der Waals surface area (Å²) in [5.74, 6) is -0.126. The molecular formula is C18H17NO3. The summed E-state index contributed by atoms with van der Waals surface area (Å²) < 4.78 is 5.31. The maximum Gasteiger partial charge on any atom is 0.328 e. The maximum atomic E-state index is 10.7. The molecule has 0 unspecified atom stereocenters. The van der Waals surface area contributed by atoms with E-state index in [0.29, 0.717) is 0 Å². The lowest BCUT2D eigenvalue weighted by atomic mass is 9.99. The number of aryl methyl sites for hydroxylation is 2. The number of hydrogen-bond acceptors (Lipinski definition) is 2. The molecule has 3 rings (SSSR count). The molecule has 0 atom stereocenters. The first-order valence-corrected chi connectivity index (χ1v) is 7.02. The Bertz CT molecular complexity index is 919. The van der Waals surface area contributed by atoms with E-state index < -0.39 is 5.97 Å². The third-order valence-electron chi connectivity index (χ3n) is 3.99. The minimum absolute atomic E-state index is 0.820. The van der Waals surface area contributed by atoms with E-state index in [1.807, 2.05) is 38.1 Å². The van der Waals surface area contributed by atoms with Gasteiger partial charge in [0, 0.05) is 22.4 Å². The van der Waals surface area contributed by atoms with Crippen molar-refractivity contribution >= 4 is 33.9 Å². The van der Waals surface area contributed by atoms with Gasteiger partial charge in [0.15, 0.2) is 0 Å². The van der Waals surface area contributed by atoms with E-state index in [4.69, 9.17) is 9.84 Å². The molecule has 2 aromatic carbocycles. The molecule has 2 N–H and O–H groups in total. The molecule has 1 heterocycles.